The SMILES string of the molecule is COC(=O)c1ccc2c(c1)OCCC2N. The Morgan fingerprint density at radius 2 is 2.40 bits per heavy atom. The summed E-state index contributed by atoms with van der Waals surface area (Å²) in [5, 5.41) is 0. The van der Waals surface area contributed by atoms with Crippen molar-refractivity contribution in [2.24, 2.45) is 5.73 Å². The molecule has 0 amide bonds. The molecule has 2 N–H and O–H groups in total. The number of esters is 1. The first-order chi connectivity index (χ1) is 7.22. The molecule has 0 fully saturated rings. The predicted molar refractivity (Wildman–Crippen MR) is 54.8 cm³/mol. The Labute approximate surface area is 88.0 Å². The minimum Gasteiger partial charge on any atom is -0.493 e. The monoisotopic (exact) mass is 207 g/mol. The van der Waals surface area contributed by atoms with Crippen LogP contribution in [0.1, 0.15) is 28.4 Å². The third kappa shape index (κ3) is 1.80. The smallest absolute Gasteiger partial charge is 0.337 e. The van der Waals surface area contributed by atoms with E-state index in [2.05, 4.69) is 4.74 Å². The molecule has 0 saturated carbocycles. The second kappa shape index (κ2) is 3.90. The first kappa shape index (κ1) is 9.98. The van der Waals surface area contributed by atoms with E-state index in [4.69, 9.17) is 10.5 Å². The van der Waals surface area contributed by atoms with Crippen LogP contribution in [0.5, 0.6) is 5.75 Å². The first-order valence-electron chi connectivity index (χ1n) is 4.83. The Kier molecular flexibility index (Phi) is 2.60. The number of carbonyl (C=O) groups excluding carboxylic acids is 1. The van der Waals surface area contributed by atoms with Crippen molar-refractivity contribution in [3.8, 4) is 5.75 Å². The minimum atomic E-state index is -0.361. The highest BCUT2D eigenvalue weighted by molar-refractivity contribution is 5.90. The first-order valence-corrected chi connectivity index (χ1v) is 4.83. The van der Waals surface area contributed by atoms with Crippen LogP contribution < -0.4 is 10.5 Å². The number of benzene rings is 1. The van der Waals surface area contributed by atoms with Crippen molar-refractivity contribution in [3.05, 3.63) is 29.3 Å². The molecule has 0 bridgehead atoms. The van der Waals surface area contributed by atoms with Crippen molar-refractivity contribution < 1.29 is 14.3 Å². The molecular formula is C11H13NO3. The van der Waals surface area contributed by atoms with Crippen LogP contribution in [0.3, 0.4) is 0 Å². The lowest BCUT2D eigenvalue weighted by Gasteiger charge is -2.23. The van der Waals surface area contributed by atoms with E-state index in [0.717, 1.165) is 12.0 Å². The number of hydrogen-bond donors (Lipinski definition) is 1. The lowest BCUT2D eigenvalue weighted by molar-refractivity contribution is 0.0600. The van der Waals surface area contributed by atoms with Gasteiger partial charge in [-0.1, -0.05) is 6.07 Å². The van der Waals surface area contributed by atoms with Crippen molar-refractivity contribution in [2.75, 3.05) is 13.7 Å². The van der Waals surface area contributed by atoms with Crippen LogP contribution in [-0.2, 0) is 4.74 Å². The summed E-state index contributed by atoms with van der Waals surface area (Å²) in [7, 11) is 1.36. The molecule has 80 valence electrons. The van der Waals surface area contributed by atoms with E-state index >= 15 is 0 Å². The summed E-state index contributed by atoms with van der Waals surface area (Å²) >= 11 is 0. The standard InChI is InChI=1S/C11H13NO3/c1-14-11(13)7-2-3-8-9(12)4-5-15-10(8)6-7/h2-3,6,9H,4-5,12H2,1H3. The molecule has 0 radical (unpaired) electrons. The van der Waals surface area contributed by atoms with E-state index in [1.165, 1.54) is 7.11 Å². The Morgan fingerprint density at radius 3 is 3.13 bits per heavy atom. The molecule has 4 heteroatoms. The molecule has 0 spiro atoms. The fourth-order valence-corrected chi connectivity index (χ4v) is 1.66. The van der Waals surface area contributed by atoms with Crippen LogP contribution >= 0.6 is 0 Å². The fraction of sp³-hybridized carbons (Fsp3) is 0.364. The number of carbonyl (C=O) groups is 1. The maximum atomic E-state index is 11.3. The molecule has 1 aromatic rings. The minimum absolute atomic E-state index is 0.000414. The molecule has 1 aliphatic rings. The highest BCUT2D eigenvalue weighted by Gasteiger charge is 2.19. The van der Waals surface area contributed by atoms with Crippen LogP contribution in [0, 0.1) is 0 Å². The van der Waals surface area contributed by atoms with Crippen LogP contribution in [0.25, 0.3) is 0 Å². The molecule has 0 aliphatic carbocycles. The van der Waals surface area contributed by atoms with Gasteiger partial charge in [0.15, 0.2) is 0 Å². The number of hydrogen-bond acceptors (Lipinski definition) is 4. The third-order valence-electron chi connectivity index (χ3n) is 2.52. The second-order valence-electron chi connectivity index (χ2n) is 3.49. The molecule has 1 aliphatic heterocycles. The van der Waals surface area contributed by atoms with Gasteiger partial charge in [-0.15, -0.1) is 0 Å². The van der Waals surface area contributed by atoms with E-state index in [0.29, 0.717) is 17.9 Å². The van der Waals surface area contributed by atoms with Gasteiger partial charge < -0.3 is 15.2 Å². The number of fused-ring (bicyclic) bond motifs is 1. The highest BCUT2D eigenvalue weighted by Crippen LogP contribution is 2.31. The molecular weight excluding hydrogens is 194 g/mol. The lowest BCUT2D eigenvalue weighted by atomic mass is 10.00. The van der Waals surface area contributed by atoms with Crippen molar-refractivity contribution >= 4 is 5.97 Å². The van der Waals surface area contributed by atoms with Gasteiger partial charge in [-0.3, -0.25) is 0 Å². The fourth-order valence-electron chi connectivity index (χ4n) is 1.66. The van der Waals surface area contributed by atoms with Gasteiger partial charge in [-0.05, 0) is 12.1 Å². The van der Waals surface area contributed by atoms with Gasteiger partial charge in [0.1, 0.15) is 5.75 Å². The quantitative estimate of drug-likeness (QED) is 0.704. The molecule has 1 atom stereocenters. The topological polar surface area (TPSA) is 61.5 Å². The van der Waals surface area contributed by atoms with E-state index < -0.39 is 0 Å². The number of rotatable bonds is 1. The summed E-state index contributed by atoms with van der Waals surface area (Å²) in [6.07, 6.45) is 0.810. The maximum absolute atomic E-state index is 11.3. The molecule has 15 heavy (non-hydrogen) atoms. The number of ether oxygens (including phenoxy) is 2. The van der Waals surface area contributed by atoms with Crippen LogP contribution in [-0.4, -0.2) is 19.7 Å². The maximum Gasteiger partial charge on any atom is 0.337 e. The normalized spacial score (nSPS) is 18.9. The molecule has 4 nitrogen and oxygen atoms in total. The van der Waals surface area contributed by atoms with Gasteiger partial charge in [-0.25, -0.2) is 4.79 Å². The number of nitrogens with two attached hydrogens (primary N) is 1. The summed E-state index contributed by atoms with van der Waals surface area (Å²) in [5.74, 6) is 0.331. The summed E-state index contributed by atoms with van der Waals surface area (Å²) < 4.78 is 10.1. The van der Waals surface area contributed by atoms with Gasteiger partial charge in [0.2, 0.25) is 0 Å². The highest BCUT2D eigenvalue weighted by atomic mass is 16.5. The summed E-state index contributed by atoms with van der Waals surface area (Å²) in [5.41, 5.74) is 7.35. The molecule has 1 aromatic carbocycles. The Morgan fingerprint density at radius 1 is 1.60 bits per heavy atom. The molecule has 2 rings (SSSR count). The zero-order valence-electron chi connectivity index (χ0n) is 8.53. The van der Waals surface area contributed by atoms with Crippen LogP contribution in [0.15, 0.2) is 18.2 Å². The zero-order chi connectivity index (χ0) is 10.8. The predicted octanol–water partition coefficient (Wildman–Crippen LogP) is 1.26. The lowest BCUT2D eigenvalue weighted by Crippen LogP contribution is -2.20. The molecule has 1 heterocycles. The van der Waals surface area contributed by atoms with Gasteiger partial charge in [0, 0.05) is 18.0 Å². The molecule has 1 unspecified atom stereocenters. The Balaban J connectivity index is 2.37. The van der Waals surface area contributed by atoms with Gasteiger partial charge in [-0.2, -0.15) is 0 Å². The average Bonchev–Trinajstić information content (AvgIpc) is 2.28. The van der Waals surface area contributed by atoms with Crippen molar-refractivity contribution in [3.63, 3.8) is 0 Å². The Bertz CT molecular complexity index is 389. The van der Waals surface area contributed by atoms with E-state index in [9.17, 15) is 4.79 Å². The van der Waals surface area contributed by atoms with Gasteiger partial charge >= 0.3 is 5.97 Å². The van der Waals surface area contributed by atoms with Gasteiger partial charge in [0.05, 0.1) is 19.3 Å². The summed E-state index contributed by atoms with van der Waals surface area (Å²) in [6, 6.07) is 5.21. The zero-order valence-corrected chi connectivity index (χ0v) is 8.53. The van der Waals surface area contributed by atoms with Crippen LogP contribution in [0.2, 0.25) is 0 Å². The van der Waals surface area contributed by atoms with E-state index in [1.807, 2.05) is 6.07 Å². The van der Waals surface area contributed by atoms with Gasteiger partial charge in [0.25, 0.3) is 0 Å². The van der Waals surface area contributed by atoms with Crippen molar-refractivity contribution in [1.29, 1.82) is 0 Å². The third-order valence-corrected chi connectivity index (χ3v) is 2.52. The molecule has 0 saturated heterocycles. The summed E-state index contributed by atoms with van der Waals surface area (Å²) in [6.45, 7) is 0.596. The van der Waals surface area contributed by atoms with Crippen molar-refractivity contribution in [1.82, 2.24) is 0 Å². The molecule has 0 aromatic heterocycles. The van der Waals surface area contributed by atoms with E-state index in [1.54, 1.807) is 12.1 Å². The average molecular weight is 207 g/mol. The van der Waals surface area contributed by atoms with E-state index in [-0.39, 0.29) is 12.0 Å². The van der Waals surface area contributed by atoms with Crippen LogP contribution in [0.4, 0.5) is 0 Å². The second-order valence-corrected chi connectivity index (χ2v) is 3.49. The van der Waals surface area contributed by atoms with Crippen molar-refractivity contribution in [2.45, 2.75) is 12.5 Å². The largest absolute Gasteiger partial charge is 0.493 e. The summed E-state index contributed by atoms with van der Waals surface area (Å²) in [4.78, 5) is 11.3. The number of methoxy groups -OCH3 is 1. The Hall–Kier alpha value is -1.55.